The number of pyridine rings is 1. The second-order valence-corrected chi connectivity index (χ2v) is 7.10. The normalized spacial score (nSPS) is 11.1. The van der Waals surface area contributed by atoms with Crippen molar-refractivity contribution in [2.24, 2.45) is 7.05 Å². The van der Waals surface area contributed by atoms with Crippen LogP contribution < -0.4 is 10.6 Å². The Morgan fingerprint density at radius 2 is 2.10 bits per heavy atom. The van der Waals surface area contributed by atoms with E-state index in [4.69, 9.17) is 4.74 Å². The van der Waals surface area contributed by atoms with E-state index in [1.165, 1.54) is 0 Å². The highest BCUT2D eigenvalue weighted by molar-refractivity contribution is 6.07. The van der Waals surface area contributed by atoms with Crippen LogP contribution in [0.3, 0.4) is 0 Å². The summed E-state index contributed by atoms with van der Waals surface area (Å²) in [6.07, 6.45) is 1.90. The van der Waals surface area contributed by atoms with Gasteiger partial charge in [-0.1, -0.05) is 12.1 Å². The lowest BCUT2D eigenvalue weighted by atomic mass is 10.1. The molecule has 3 aromatic heterocycles. The van der Waals surface area contributed by atoms with E-state index in [9.17, 15) is 9.59 Å². The van der Waals surface area contributed by atoms with Gasteiger partial charge in [0.05, 0.1) is 24.9 Å². The van der Waals surface area contributed by atoms with E-state index in [1.807, 2.05) is 42.9 Å². The van der Waals surface area contributed by atoms with Crippen molar-refractivity contribution in [1.29, 1.82) is 0 Å². The maximum absolute atomic E-state index is 12.5. The number of aromatic nitrogens is 4. The van der Waals surface area contributed by atoms with Gasteiger partial charge < -0.3 is 24.9 Å². The Labute approximate surface area is 178 Å². The van der Waals surface area contributed by atoms with Gasteiger partial charge in [-0.3, -0.25) is 9.59 Å². The van der Waals surface area contributed by atoms with Crippen molar-refractivity contribution >= 4 is 39.8 Å². The number of hydrogen-bond donors (Lipinski definition) is 3. The number of aromatic amines is 1. The zero-order valence-corrected chi connectivity index (χ0v) is 17.7. The maximum atomic E-state index is 12.5. The van der Waals surface area contributed by atoms with Crippen LogP contribution in [0, 0.1) is 0 Å². The van der Waals surface area contributed by atoms with Crippen LogP contribution in [-0.2, 0) is 16.6 Å². The number of nitrogens with one attached hydrogen (secondary N) is 3. The van der Waals surface area contributed by atoms with E-state index in [1.54, 1.807) is 19.3 Å². The van der Waals surface area contributed by atoms with Gasteiger partial charge in [-0.05, 0) is 30.7 Å². The van der Waals surface area contributed by atoms with Crippen molar-refractivity contribution in [3.8, 4) is 11.3 Å². The monoisotopic (exact) mass is 420 g/mol. The number of carbonyl (C=O) groups excluding carboxylic acids is 2. The summed E-state index contributed by atoms with van der Waals surface area (Å²) < 4.78 is 6.84. The second-order valence-electron chi connectivity index (χ2n) is 7.10. The molecule has 0 saturated heterocycles. The molecule has 0 spiro atoms. The fourth-order valence-electron chi connectivity index (χ4n) is 3.57. The highest BCUT2D eigenvalue weighted by Gasteiger charge is 2.16. The van der Waals surface area contributed by atoms with Gasteiger partial charge in [0.1, 0.15) is 11.2 Å². The number of nitrogens with zero attached hydrogens (tertiary/aromatic N) is 3. The summed E-state index contributed by atoms with van der Waals surface area (Å²) in [6, 6.07) is 9.32. The molecule has 4 aromatic rings. The predicted octanol–water partition coefficient (Wildman–Crippen LogP) is 2.84. The fourth-order valence-corrected chi connectivity index (χ4v) is 3.57. The first-order chi connectivity index (χ1) is 15.0. The van der Waals surface area contributed by atoms with Crippen LogP contribution in [0.25, 0.3) is 33.3 Å². The first kappa shape index (κ1) is 20.4. The largest absolute Gasteiger partial charge is 0.466 e. The number of aryl methyl sites for hydroxylation is 1. The van der Waals surface area contributed by atoms with Crippen molar-refractivity contribution in [1.82, 2.24) is 24.8 Å². The van der Waals surface area contributed by atoms with Crippen LogP contribution in [0.5, 0.6) is 0 Å². The molecule has 9 heteroatoms. The molecule has 0 radical (unpaired) electrons. The van der Waals surface area contributed by atoms with Crippen molar-refractivity contribution in [2.75, 3.05) is 25.5 Å². The standard InChI is InChI=1S/C22H24N6O3/c1-4-31-17(29)8-9-24-22(30)14-7-5-6-13(10-14)16-11-15-19-18(25-12-28(19)3)21(23-2)27-20(15)26-16/h5-7,10-12H,4,8-9H2,1-3H3,(H,24,30)(H2,23,26,27). The first-order valence-corrected chi connectivity index (χ1v) is 10.1. The van der Waals surface area contributed by atoms with Gasteiger partial charge in [0.15, 0.2) is 5.82 Å². The molecule has 0 unspecified atom stereocenters. The van der Waals surface area contributed by atoms with Crippen LogP contribution in [-0.4, -0.2) is 51.6 Å². The first-order valence-electron chi connectivity index (χ1n) is 10.1. The van der Waals surface area contributed by atoms with E-state index in [0.29, 0.717) is 18.0 Å². The van der Waals surface area contributed by atoms with E-state index >= 15 is 0 Å². The molecule has 0 aliphatic heterocycles. The molecule has 9 nitrogen and oxygen atoms in total. The SMILES string of the molecule is CCOC(=O)CCNC(=O)c1cccc(-c2cc3c(nc(NC)c4ncn(C)c43)[nH]2)c1. The second kappa shape index (κ2) is 8.47. The quantitative estimate of drug-likeness (QED) is 0.396. The summed E-state index contributed by atoms with van der Waals surface area (Å²) in [5.41, 5.74) is 4.73. The maximum Gasteiger partial charge on any atom is 0.307 e. The molecular weight excluding hydrogens is 396 g/mol. The number of imidazole rings is 1. The molecule has 0 aliphatic rings. The number of benzene rings is 1. The molecular formula is C22H24N6O3. The highest BCUT2D eigenvalue weighted by atomic mass is 16.5. The molecule has 1 aromatic carbocycles. The smallest absolute Gasteiger partial charge is 0.307 e. The number of esters is 1. The lowest BCUT2D eigenvalue weighted by molar-refractivity contribution is -0.142. The van der Waals surface area contributed by atoms with Crippen LogP contribution in [0.1, 0.15) is 23.7 Å². The molecule has 4 rings (SSSR count). The summed E-state index contributed by atoms with van der Waals surface area (Å²) in [5.74, 6) is 0.127. The predicted molar refractivity (Wildman–Crippen MR) is 119 cm³/mol. The van der Waals surface area contributed by atoms with Crippen LogP contribution >= 0.6 is 0 Å². The average molecular weight is 420 g/mol. The van der Waals surface area contributed by atoms with Gasteiger partial charge in [-0.25, -0.2) is 9.97 Å². The number of rotatable bonds is 7. The van der Waals surface area contributed by atoms with Gasteiger partial charge in [0.25, 0.3) is 5.91 Å². The Hall–Kier alpha value is -3.88. The molecule has 1 amide bonds. The van der Waals surface area contributed by atoms with Gasteiger partial charge >= 0.3 is 5.97 Å². The summed E-state index contributed by atoms with van der Waals surface area (Å²) >= 11 is 0. The van der Waals surface area contributed by atoms with Gasteiger partial charge in [-0.15, -0.1) is 0 Å². The molecule has 160 valence electrons. The molecule has 31 heavy (non-hydrogen) atoms. The molecule has 0 fully saturated rings. The average Bonchev–Trinajstić information content (AvgIpc) is 3.37. The number of amides is 1. The number of hydrogen-bond acceptors (Lipinski definition) is 6. The number of carbonyl (C=O) groups is 2. The zero-order valence-electron chi connectivity index (χ0n) is 17.7. The van der Waals surface area contributed by atoms with Crippen molar-refractivity contribution < 1.29 is 14.3 Å². The third-order valence-electron chi connectivity index (χ3n) is 5.03. The van der Waals surface area contributed by atoms with E-state index in [0.717, 1.165) is 33.3 Å². The number of H-pyrrole nitrogens is 1. The minimum absolute atomic E-state index is 0.140. The van der Waals surface area contributed by atoms with Crippen LogP contribution in [0.4, 0.5) is 5.82 Å². The zero-order chi connectivity index (χ0) is 22.0. The van der Waals surface area contributed by atoms with Gasteiger partial charge in [0, 0.05) is 37.3 Å². The van der Waals surface area contributed by atoms with Crippen LogP contribution in [0.2, 0.25) is 0 Å². The minimum atomic E-state index is -0.329. The highest BCUT2D eigenvalue weighted by Crippen LogP contribution is 2.31. The topological polar surface area (TPSA) is 114 Å². The summed E-state index contributed by atoms with van der Waals surface area (Å²) in [7, 11) is 3.76. The van der Waals surface area contributed by atoms with Crippen molar-refractivity contribution in [3.63, 3.8) is 0 Å². The Morgan fingerprint density at radius 1 is 1.26 bits per heavy atom. The van der Waals surface area contributed by atoms with E-state index in [2.05, 4.69) is 25.6 Å². The minimum Gasteiger partial charge on any atom is -0.466 e. The summed E-state index contributed by atoms with van der Waals surface area (Å²) in [6.45, 7) is 2.30. The molecule has 0 atom stereocenters. The van der Waals surface area contributed by atoms with E-state index < -0.39 is 0 Å². The van der Waals surface area contributed by atoms with E-state index in [-0.39, 0.29) is 24.8 Å². The lowest BCUT2D eigenvalue weighted by Gasteiger charge is -2.06. The molecule has 0 aliphatic carbocycles. The Bertz CT molecular complexity index is 1270. The molecule has 0 saturated carbocycles. The number of fused-ring (bicyclic) bond motifs is 3. The fraction of sp³-hybridized carbons (Fsp3) is 0.273. The van der Waals surface area contributed by atoms with Gasteiger partial charge in [0.2, 0.25) is 0 Å². The van der Waals surface area contributed by atoms with Gasteiger partial charge in [-0.2, -0.15) is 0 Å². The third kappa shape index (κ3) is 3.94. The van der Waals surface area contributed by atoms with Crippen molar-refractivity contribution in [3.05, 3.63) is 42.2 Å². The third-order valence-corrected chi connectivity index (χ3v) is 5.03. The number of ether oxygens (including phenoxy) is 1. The lowest BCUT2D eigenvalue weighted by Crippen LogP contribution is -2.26. The molecule has 0 bridgehead atoms. The summed E-state index contributed by atoms with van der Waals surface area (Å²) in [5, 5.41) is 6.80. The summed E-state index contributed by atoms with van der Waals surface area (Å²) in [4.78, 5) is 36.4. The van der Waals surface area contributed by atoms with Crippen molar-refractivity contribution in [2.45, 2.75) is 13.3 Å². The molecule has 3 heterocycles. The molecule has 3 N–H and O–H groups in total. The Kier molecular flexibility index (Phi) is 5.57. The Morgan fingerprint density at radius 3 is 2.87 bits per heavy atom. The number of anilines is 1. The Balaban J connectivity index is 1.62. The van der Waals surface area contributed by atoms with Crippen LogP contribution in [0.15, 0.2) is 36.7 Å².